The second kappa shape index (κ2) is 7.34. The number of nitrogens with one attached hydrogen (secondary N) is 1. The van der Waals surface area contributed by atoms with Crippen molar-refractivity contribution in [3.8, 4) is 5.88 Å². The van der Waals surface area contributed by atoms with Gasteiger partial charge in [-0.1, -0.05) is 13.0 Å². The fourth-order valence-corrected chi connectivity index (χ4v) is 1.53. The maximum absolute atomic E-state index is 5.74. The number of halogens is 1. The zero-order chi connectivity index (χ0) is 11.8. The number of anilines is 1. The number of hydrogen-bond acceptors (Lipinski definition) is 3. The summed E-state index contributed by atoms with van der Waals surface area (Å²) in [5.41, 5.74) is 0. The van der Waals surface area contributed by atoms with Crippen LogP contribution in [0.2, 0.25) is 0 Å². The highest BCUT2D eigenvalue weighted by atomic mass is 35.5. The van der Waals surface area contributed by atoms with Gasteiger partial charge in [-0.2, -0.15) is 4.98 Å². The van der Waals surface area contributed by atoms with Crippen LogP contribution in [-0.4, -0.2) is 24.5 Å². The standard InChI is InChI=1S/C12H19ClN2O/c1-10(9-13)5-4-8-14-11-6-3-7-12(15-11)16-2/h3,6-7,10H,4-5,8-9H2,1-2H3,(H,14,15). The van der Waals surface area contributed by atoms with Crippen LogP contribution in [-0.2, 0) is 0 Å². The average Bonchev–Trinajstić information content (AvgIpc) is 2.34. The van der Waals surface area contributed by atoms with E-state index in [-0.39, 0.29) is 0 Å². The SMILES string of the molecule is COc1cccc(NCCCC(C)CCl)n1. The summed E-state index contributed by atoms with van der Waals surface area (Å²) in [6, 6.07) is 5.70. The molecule has 1 atom stereocenters. The Labute approximate surface area is 102 Å². The molecule has 90 valence electrons. The van der Waals surface area contributed by atoms with Crippen molar-refractivity contribution in [3.05, 3.63) is 18.2 Å². The Morgan fingerprint density at radius 1 is 1.50 bits per heavy atom. The van der Waals surface area contributed by atoms with Gasteiger partial charge in [0.25, 0.3) is 0 Å². The minimum absolute atomic E-state index is 0.585. The second-order valence-electron chi connectivity index (χ2n) is 3.89. The molecule has 1 aromatic rings. The number of pyridine rings is 1. The third-order valence-electron chi connectivity index (χ3n) is 2.38. The lowest BCUT2D eigenvalue weighted by Crippen LogP contribution is -2.06. The molecular formula is C12H19ClN2O. The second-order valence-corrected chi connectivity index (χ2v) is 4.20. The van der Waals surface area contributed by atoms with Crippen LogP contribution in [0.3, 0.4) is 0 Å². The normalized spacial score (nSPS) is 12.2. The van der Waals surface area contributed by atoms with Gasteiger partial charge in [0, 0.05) is 18.5 Å². The Morgan fingerprint density at radius 2 is 2.31 bits per heavy atom. The molecule has 0 aliphatic carbocycles. The van der Waals surface area contributed by atoms with Crippen molar-refractivity contribution in [2.75, 3.05) is 24.9 Å². The first-order valence-electron chi connectivity index (χ1n) is 5.57. The minimum atomic E-state index is 0.585. The number of rotatable bonds is 7. The molecule has 0 saturated carbocycles. The third-order valence-corrected chi connectivity index (χ3v) is 2.90. The van der Waals surface area contributed by atoms with Gasteiger partial charge >= 0.3 is 0 Å². The molecule has 0 amide bonds. The van der Waals surface area contributed by atoms with Gasteiger partial charge in [-0.15, -0.1) is 11.6 Å². The molecule has 1 heterocycles. The number of aromatic nitrogens is 1. The molecule has 0 radical (unpaired) electrons. The molecule has 0 aliphatic heterocycles. The monoisotopic (exact) mass is 242 g/mol. The van der Waals surface area contributed by atoms with E-state index in [9.17, 15) is 0 Å². The smallest absolute Gasteiger partial charge is 0.214 e. The molecule has 1 unspecified atom stereocenters. The van der Waals surface area contributed by atoms with Gasteiger partial charge in [-0.25, -0.2) is 0 Å². The van der Waals surface area contributed by atoms with E-state index in [1.165, 1.54) is 0 Å². The number of methoxy groups -OCH3 is 1. The number of ether oxygens (including phenoxy) is 1. The maximum atomic E-state index is 5.74. The molecule has 1 aromatic heterocycles. The number of nitrogens with zero attached hydrogens (tertiary/aromatic N) is 1. The Kier molecular flexibility index (Phi) is 6.01. The predicted molar refractivity (Wildman–Crippen MR) is 68.4 cm³/mol. The summed E-state index contributed by atoms with van der Waals surface area (Å²) in [5.74, 6) is 2.82. The molecule has 0 aromatic carbocycles. The molecule has 1 N–H and O–H groups in total. The van der Waals surface area contributed by atoms with E-state index in [0.717, 1.165) is 31.1 Å². The highest BCUT2D eigenvalue weighted by Crippen LogP contribution is 2.11. The molecule has 1 rings (SSSR count). The van der Waals surface area contributed by atoms with Crippen LogP contribution < -0.4 is 10.1 Å². The molecule has 0 bridgehead atoms. The van der Waals surface area contributed by atoms with Gasteiger partial charge in [0.05, 0.1) is 7.11 Å². The minimum Gasteiger partial charge on any atom is -0.481 e. The molecule has 3 nitrogen and oxygen atoms in total. The first kappa shape index (κ1) is 13.1. The zero-order valence-electron chi connectivity index (χ0n) is 9.87. The molecule has 0 spiro atoms. The van der Waals surface area contributed by atoms with Gasteiger partial charge in [0.2, 0.25) is 5.88 Å². The summed E-state index contributed by atoms with van der Waals surface area (Å²) < 4.78 is 5.05. The Bertz CT molecular complexity index is 307. The van der Waals surface area contributed by atoms with Crippen molar-refractivity contribution >= 4 is 17.4 Å². The highest BCUT2D eigenvalue weighted by Gasteiger charge is 2.00. The van der Waals surface area contributed by atoms with Gasteiger partial charge in [-0.05, 0) is 24.8 Å². The lowest BCUT2D eigenvalue weighted by molar-refractivity contribution is 0.398. The van der Waals surface area contributed by atoms with Crippen molar-refractivity contribution in [1.29, 1.82) is 0 Å². The lowest BCUT2D eigenvalue weighted by atomic mass is 10.1. The topological polar surface area (TPSA) is 34.1 Å². The third kappa shape index (κ3) is 4.71. The van der Waals surface area contributed by atoms with E-state index in [1.807, 2.05) is 18.2 Å². The van der Waals surface area contributed by atoms with Crippen LogP contribution in [0.5, 0.6) is 5.88 Å². The van der Waals surface area contributed by atoms with E-state index < -0.39 is 0 Å². The Balaban J connectivity index is 2.26. The van der Waals surface area contributed by atoms with Crippen LogP contribution in [0.4, 0.5) is 5.82 Å². The van der Waals surface area contributed by atoms with Gasteiger partial charge in [0.1, 0.15) is 5.82 Å². The molecule has 4 heteroatoms. The molecule has 0 aliphatic rings. The van der Waals surface area contributed by atoms with Crippen LogP contribution in [0.1, 0.15) is 19.8 Å². The molecule has 16 heavy (non-hydrogen) atoms. The Hall–Kier alpha value is -0.960. The first-order valence-corrected chi connectivity index (χ1v) is 6.10. The summed E-state index contributed by atoms with van der Waals surface area (Å²) >= 11 is 5.74. The molecule has 0 saturated heterocycles. The lowest BCUT2D eigenvalue weighted by Gasteiger charge is -2.09. The van der Waals surface area contributed by atoms with E-state index in [4.69, 9.17) is 16.3 Å². The summed E-state index contributed by atoms with van der Waals surface area (Å²) in [4.78, 5) is 4.27. The van der Waals surface area contributed by atoms with Gasteiger partial charge < -0.3 is 10.1 Å². The van der Waals surface area contributed by atoms with Crippen molar-refractivity contribution in [1.82, 2.24) is 4.98 Å². The fraction of sp³-hybridized carbons (Fsp3) is 0.583. The van der Waals surface area contributed by atoms with Crippen molar-refractivity contribution in [2.24, 2.45) is 5.92 Å². The summed E-state index contributed by atoms with van der Waals surface area (Å²) in [6.45, 7) is 3.08. The van der Waals surface area contributed by atoms with E-state index >= 15 is 0 Å². The highest BCUT2D eigenvalue weighted by molar-refractivity contribution is 6.18. The van der Waals surface area contributed by atoms with Crippen molar-refractivity contribution in [3.63, 3.8) is 0 Å². The number of hydrogen-bond donors (Lipinski definition) is 1. The van der Waals surface area contributed by atoms with Crippen LogP contribution in [0.25, 0.3) is 0 Å². The van der Waals surface area contributed by atoms with Gasteiger partial charge in [0.15, 0.2) is 0 Å². The van der Waals surface area contributed by atoms with Crippen LogP contribution in [0.15, 0.2) is 18.2 Å². The van der Waals surface area contributed by atoms with E-state index in [2.05, 4.69) is 17.2 Å². The predicted octanol–water partition coefficient (Wildman–Crippen LogP) is 3.16. The first-order chi connectivity index (χ1) is 7.76. The quantitative estimate of drug-likeness (QED) is 0.589. The molecular weight excluding hydrogens is 224 g/mol. The summed E-state index contributed by atoms with van der Waals surface area (Å²) in [6.07, 6.45) is 2.24. The molecule has 0 fully saturated rings. The zero-order valence-corrected chi connectivity index (χ0v) is 10.6. The summed E-state index contributed by atoms with van der Waals surface area (Å²) in [5, 5.41) is 3.26. The van der Waals surface area contributed by atoms with E-state index in [1.54, 1.807) is 7.11 Å². The maximum Gasteiger partial charge on any atom is 0.214 e. The Morgan fingerprint density at radius 3 is 3.00 bits per heavy atom. The van der Waals surface area contributed by atoms with Gasteiger partial charge in [-0.3, -0.25) is 0 Å². The fourth-order valence-electron chi connectivity index (χ4n) is 1.37. The average molecular weight is 243 g/mol. The van der Waals surface area contributed by atoms with Crippen molar-refractivity contribution < 1.29 is 4.74 Å². The van der Waals surface area contributed by atoms with E-state index in [0.29, 0.717) is 11.8 Å². The van der Waals surface area contributed by atoms with Crippen molar-refractivity contribution in [2.45, 2.75) is 19.8 Å². The van der Waals surface area contributed by atoms with Crippen LogP contribution in [0, 0.1) is 5.92 Å². The summed E-state index contributed by atoms with van der Waals surface area (Å²) in [7, 11) is 1.62. The number of alkyl halides is 1. The largest absolute Gasteiger partial charge is 0.481 e. The van der Waals surface area contributed by atoms with Crippen LogP contribution >= 0.6 is 11.6 Å².